The fraction of sp³-hybridized carbons (Fsp3) is 0.875. The fourth-order valence-electron chi connectivity index (χ4n) is 2.66. The second-order valence-corrected chi connectivity index (χ2v) is 6.86. The van der Waals surface area contributed by atoms with Gasteiger partial charge >= 0.3 is 0 Å². The highest BCUT2D eigenvalue weighted by Gasteiger charge is 2.33. The molecule has 0 saturated carbocycles. The van der Waals surface area contributed by atoms with Gasteiger partial charge < -0.3 is 10.2 Å². The van der Waals surface area contributed by atoms with E-state index in [1.54, 1.807) is 0 Å². The Bertz CT molecular complexity index is 343. The van der Waals surface area contributed by atoms with Gasteiger partial charge in [0, 0.05) is 24.5 Å². The predicted molar refractivity (Wildman–Crippen MR) is 81.3 cm³/mol. The van der Waals surface area contributed by atoms with Crippen molar-refractivity contribution in [2.75, 3.05) is 13.1 Å². The Morgan fingerprint density at radius 2 is 1.85 bits per heavy atom. The SMILES string of the molecule is CCC(CC)NC(=O)[C@@H]1CCCN(C(=O)C(C)(C)C)C1. The lowest BCUT2D eigenvalue weighted by molar-refractivity contribution is -0.142. The third-order valence-corrected chi connectivity index (χ3v) is 4.05. The Kier molecular flexibility index (Phi) is 6.03. The Morgan fingerprint density at radius 1 is 1.25 bits per heavy atom. The molecule has 0 spiro atoms. The minimum Gasteiger partial charge on any atom is -0.353 e. The molecule has 1 heterocycles. The van der Waals surface area contributed by atoms with Gasteiger partial charge in [-0.3, -0.25) is 9.59 Å². The minimum atomic E-state index is -0.367. The average molecular weight is 282 g/mol. The van der Waals surface area contributed by atoms with Crippen LogP contribution in [0.4, 0.5) is 0 Å². The second-order valence-electron chi connectivity index (χ2n) is 6.86. The molecule has 1 aliphatic rings. The highest BCUT2D eigenvalue weighted by Crippen LogP contribution is 2.23. The van der Waals surface area contributed by atoms with Crippen LogP contribution in [0.5, 0.6) is 0 Å². The molecule has 116 valence electrons. The van der Waals surface area contributed by atoms with Crippen molar-refractivity contribution in [2.45, 2.75) is 66.3 Å². The molecular formula is C16H30N2O2. The molecule has 0 aliphatic carbocycles. The van der Waals surface area contributed by atoms with Crippen molar-refractivity contribution < 1.29 is 9.59 Å². The first-order valence-electron chi connectivity index (χ1n) is 7.89. The normalized spacial score (nSPS) is 20.1. The summed E-state index contributed by atoms with van der Waals surface area (Å²) in [5.74, 6) is 0.221. The summed E-state index contributed by atoms with van der Waals surface area (Å²) in [4.78, 5) is 26.5. The van der Waals surface area contributed by atoms with Crippen LogP contribution in [0.3, 0.4) is 0 Å². The van der Waals surface area contributed by atoms with Crippen molar-refractivity contribution in [2.24, 2.45) is 11.3 Å². The van der Waals surface area contributed by atoms with Crippen LogP contribution < -0.4 is 5.32 Å². The molecule has 4 heteroatoms. The molecule has 20 heavy (non-hydrogen) atoms. The molecule has 1 aliphatic heterocycles. The Hall–Kier alpha value is -1.06. The highest BCUT2D eigenvalue weighted by atomic mass is 16.2. The number of hydrogen-bond acceptors (Lipinski definition) is 2. The molecule has 0 aromatic rings. The number of rotatable bonds is 4. The number of nitrogens with one attached hydrogen (secondary N) is 1. The first-order valence-corrected chi connectivity index (χ1v) is 7.89. The van der Waals surface area contributed by atoms with Gasteiger partial charge in [0.2, 0.25) is 11.8 Å². The smallest absolute Gasteiger partial charge is 0.227 e. The molecule has 0 bridgehead atoms. The van der Waals surface area contributed by atoms with E-state index in [0.29, 0.717) is 6.54 Å². The van der Waals surface area contributed by atoms with Crippen LogP contribution in [0.1, 0.15) is 60.3 Å². The number of likely N-dealkylation sites (tertiary alicyclic amines) is 1. The molecule has 1 fully saturated rings. The summed E-state index contributed by atoms with van der Waals surface area (Å²) in [6, 6.07) is 0.260. The summed E-state index contributed by atoms with van der Waals surface area (Å²) in [6.45, 7) is 11.3. The van der Waals surface area contributed by atoms with Crippen molar-refractivity contribution in [1.29, 1.82) is 0 Å². The third kappa shape index (κ3) is 4.50. The van der Waals surface area contributed by atoms with E-state index in [9.17, 15) is 9.59 Å². The van der Waals surface area contributed by atoms with Gasteiger partial charge in [-0.25, -0.2) is 0 Å². The zero-order chi connectivity index (χ0) is 15.3. The Balaban J connectivity index is 2.60. The summed E-state index contributed by atoms with van der Waals surface area (Å²) in [7, 11) is 0. The average Bonchev–Trinajstić information content (AvgIpc) is 2.42. The van der Waals surface area contributed by atoms with Crippen LogP contribution in [0.15, 0.2) is 0 Å². The maximum atomic E-state index is 12.3. The summed E-state index contributed by atoms with van der Waals surface area (Å²) in [5.41, 5.74) is -0.367. The summed E-state index contributed by atoms with van der Waals surface area (Å²) in [5, 5.41) is 3.11. The van der Waals surface area contributed by atoms with E-state index in [1.165, 1.54) is 0 Å². The van der Waals surface area contributed by atoms with Crippen molar-refractivity contribution in [3.63, 3.8) is 0 Å². The quantitative estimate of drug-likeness (QED) is 0.861. The van der Waals surface area contributed by atoms with Gasteiger partial charge in [-0.15, -0.1) is 0 Å². The van der Waals surface area contributed by atoms with Crippen LogP contribution in [-0.2, 0) is 9.59 Å². The van der Waals surface area contributed by atoms with E-state index < -0.39 is 0 Å². The molecule has 1 N–H and O–H groups in total. The molecule has 1 atom stereocenters. The van der Waals surface area contributed by atoms with Crippen LogP contribution in [0.2, 0.25) is 0 Å². The zero-order valence-electron chi connectivity index (χ0n) is 13.7. The molecular weight excluding hydrogens is 252 g/mol. The third-order valence-electron chi connectivity index (χ3n) is 4.05. The maximum absolute atomic E-state index is 12.3. The number of carbonyl (C=O) groups is 2. The zero-order valence-corrected chi connectivity index (χ0v) is 13.7. The topological polar surface area (TPSA) is 49.4 Å². The van der Waals surface area contributed by atoms with Gasteiger partial charge in [-0.2, -0.15) is 0 Å². The molecule has 0 aromatic carbocycles. The molecule has 4 nitrogen and oxygen atoms in total. The van der Waals surface area contributed by atoms with Gasteiger partial charge in [0.25, 0.3) is 0 Å². The number of piperidine rings is 1. The summed E-state index contributed by atoms with van der Waals surface area (Å²) >= 11 is 0. The van der Waals surface area contributed by atoms with E-state index in [4.69, 9.17) is 0 Å². The molecule has 0 unspecified atom stereocenters. The second kappa shape index (κ2) is 7.09. The van der Waals surface area contributed by atoms with Crippen LogP contribution in [-0.4, -0.2) is 35.8 Å². The number of nitrogens with zero attached hydrogens (tertiary/aromatic N) is 1. The predicted octanol–water partition coefficient (Wildman–Crippen LogP) is 2.58. The Labute approximate surface area is 123 Å². The van der Waals surface area contributed by atoms with E-state index >= 15 is 0 Å². The van der Waals surface area contributed by atoms with Crippen molar-refractivity contribution in [3.05, 3.63) is 0 Å². The van der Waals surface area contributed by atoms with E-state index in [0.717, 1.165) is 32.2 Å². The van der Waals surface area contributed by atoms with Gasteiger partial charge in [0.15, 0.2) is 0 Å². The lowest BCUT2D eigenvalue weighted by Crippen LogP contribution is -2.49. The number of amides is 2. The van der Waals surface area contributed by atoms with Crippen LogP contribution >= 0.6 is 0 Å². The summed E-state index contributed by atoms with van der Waals surface area (Å²) in [6.07, 6.45) is 3.72. The first-order chi connectivity index (χ1) is 9.29. The maximum Gasteiger partial charge on any atom is 0.227 e. The molecule has 1 saturated heterocycles. The van der Waals surface area contributed by atoms with E-state index in [2.05, 4.69) is 19.2 Å². The van der Waals surface area contributed by atoms with Gasteiger partial charge in [0.05, 0.1) is 5.92 Å². The van der Waals surface area contributed by atoms with Crippen molar-refractivity contribution >= 4 is 11.8 Å². The van der Waals surface area contributed by atoms with Crippen LogP contribution in [0.25, 0.3) is 0 Å². The van der Waals surface area contributed by atoms with Gasteiger partial charge in [0.1, 0.15) is 0 Å². The molecule has 2 amide bonds. The summed E-state index contributed by atoms with van der Waals surface area (Å²) < 4.78 is 0. The van der Waals surface area contributed by atoms with Crippen molar-refractivity contribution in [3.8, 4) is 0 Å². The highest BCUT2D eigenvalue weighted by molar-refractivity contribution is 5.84. The number of carbonyl (C=O) groups excluding carboxylic acids is 2. The lowest BCUT2D eigenvalue weighted by Gasteiger charge is -2.36. The largest absolute Gasteiger partial charge is 0.353 e. The fourth-order valence-corrected chi connectivity index (χ4v) is 2.66. The van der Waals surface area contributed by atoms with Crippen molar-refractivity contribution in [1.82, 2.24) is 10.2 Å². The van der Waals surface area contributed by atoms with Gasteiger partial charge in [-0.1, -0.05) is 34.6 Å². The lowest BCUT2D eigenvalue weighted by atomic mass is 9.90. The van der Waals surface area contributed by atoms with E-state index in [1.807, 2.05) is 25.7 Å². The van der Waals surface area contributed by atoms with Gasteiger partial charge in [-0.05, 0) is 25.7 Å². The monoisotopic (exact) mass is 282 g/mol. The van der Waals surface area contributed by atoms with E-state index in [-0.39, 0.29) is 29.2 Å². The number of hydrogen-bond donors (Lipinski definition) is 1. The first kappa shape index (κ1) is 17.0. The minimum absolute atomic E-state index is 0.0457. The Morgan fingerprint density at radius 3 is 2.35 bits per heavy atom. The molecule has 0 aromatic heterocycles. The van der Waals surface area contributed by atoms with Crippen LogP contribution in [0, 0.1) is 11.3 Å². The molecule has 0 radical (unpaired) electrons. The standard InChI is InChI=1S/C16H30N2O2/c1-6-13(7-2)17-14(19)12-9-8-10-18(11-12)15(20)16(3,4)5/h12-13H,6-11H2,1-5H3,(H,17,19)/t12-/m1/s1. The molecule has 1 rings (SSSR count).